The van der Waals surface area contributed by atoms with Gasteiger partial charge in [0.05, 0.1) is 0 Å². The van der Waals surface area contributed by atoms with Gasteiger partial charge in [0.1, 0.15) is 6.10 Å². The number of carbonyl (C=O) groups excluding carboxylic acids is 1. The SMILES string of the molecule is CC(=O)OC1C[C@H]2CC[C@@H](C1)N2C.Cl. The monoisotopic (exact) mass is 219 g/mol. The summed E-state index contributed by atoms with van der Waals surface area (Å²) in [6, 6.07) is 1.31. The van der Waals surface area contributed by atoms with Crippen molar-refractivity contribution in [2.45, 2.75) is 50.8 Å². The normalized spacial score (nSPS) is 36.3. The lowest BCUT2D eigenvalue weighted by atomic mass is 10.0. The first-order valence-electron chi connectivity index (χ1n) is 5.06. The largest absolute Gasteiger partial charge is 0.462 e. The zero-order valence-corrected chi connectivity index (χ0v) is 9.55. The number of esters is 1. The van der Waals surface area contributed by atoms with Gasteiger partial charge >= 0.3 is 5.97 Å². The molecule has 14 heavy (non-hydrogen) atoms. The van der Waals surface area contributed by atoms with Crippen LogP contribution in [0.15, 0.2) is 0 Å². The maximum absolute atomic E-state index is 10.8. The van der Waals surface area contributed by atoms with Crippen molar-refractivity contribution < 1.29 is 9.53 Å². The minimum absolute atomic E-state index is 0. The standard InChI is InChI=1S/C10H17NO2.ClH/c1-7(12)13-10-5-8-3-4-9(6-10)11(8)2;/h8-10H,3-6H2,1-2H3;1H/t8-,9+,10?;. The fourth-order valence-corrected chi connectivity index (χ4v) is 2.69. The number of carbonyl (C=O) groups is 1. The first-order chi connectivity index (χ1) is 6.16. The van der Waals surface area contributed by atoms with Crippen LogP contribution in [0.4, 0.5) is 0 Å². The molecule has 0 spiro atoms. The fraction of sp³-hybridized carbons (Fsp3) is 0.900. The number of nitrogens with zero attached hydrogens (tertiary/aromatic N) is 1. The van der Waals surface area contributed by atoms with Crippen LogP contribution in [-0.4, -0.2) is 36.1 Å². The lowest BCUT2D eigenvalue weighted by molar-refractivity contribution is -0.149. The molecule has 2 bridgehead atoms. The molecule has 2 rings (SSSR count). The van der Waals surface area contributed by atoms with Crippen LogP contribution in [0.5, 0.6) is 0 Å². The molecule has 0 aliphatic carbocycles. The van der Waals surface area contributed by atoms with Gasteiger partial charge in [-0.3, -0.25) is 4.79 Å². The van der Waals surface area contributed by atoms with E-state index in [1.165, 1.54) is 19.8 Å². The van der Waals surface area contributed by atoms with Gasteiger partial charge in [-0.2, -0.15) is 0 Å². The second-order valence-corrected chi connectivity index (χ2v) is 4.25. The van der Waals surface area contributed by atoms with Crippen molar-refractivity contribution in [3.8, 4) is 0 Å². The molecular formula is C10H18ClNO2. The third kappa shape index (κ3) is 2.20. The summed E-state index contributed by atoms with van der Waals surface area (Å²) in [5, 5.41) is 0. The molecule has 0 aromatic carbocycles. The highest BCUT2D eigenvalue weighted by Gasteiger charge is 2.39. The predicted octanol–water partition coefficient (Wildman–Crippen LogP) is 1.60. The number of rotatable bonds is 1. The Morgan fingerprint density at radius 1 is 1.29 bits per heavy atom. The molecule has 3 atom stereocenters. The average Bonchev–Trinajstić information content (AvgIpc) is 2.33. The van der Waals surface area contributed by atoms with E-state index in [0.29, 0.717) is 12.1 Å². The van der Waals surface area contributed by atoms with Crippen molar-refractivity contribution in [1.82, 2.24) is 4.90 Å². The summed E-state index contributed by atoms with van der Waals surface area (Å²) in [5.41, 5.74) is 0. The van der Waals surface area contributed by atoms with Crippen LogP contribution in [-0.2, 0) is 9.53 Å². The summed E-state index contributed by atoms with van der Waals surface area (Å²) in [6.45, 7) is 1.50. The molecule has 1 unspecified atom stereocenters. The Labute approximate surface area is 91.2 Å². The smallest absolute Gasteiger partial charge is 0.302 e. The van der Waals surface area contributed by atoms with Gasteiger partial charge in [0.2, 0.25) is 0 Å². The van der Waals surface area contributed by atoms with E-state index in [0.717, 1.165) is 12.8 Å². The van der Waals surface area contributed by atoms with Crippen LogP contribution >= 0.6 is 12.4 Å². The van der Waals surface area contributed by atoms with Crippen LogP contribution in [0.1, 0.15) is 32.6 Å². The first-order valence-corrected chi connectivity index (χ1v) is 5.06. The zero-order chi connectivity index (χ0) is 9.42. The minimum Gasteiger partial charge on any atom is -0.462 e. The Balaban J connectivity index is 0.000000980. The number of piperidine rings is 1. The quantitative estimate of drug-likeness (QED) is 0.628. The van der Waals surface area contributed by atoms with E-state index in [-0.39, 0.29) is 24.5 Å². The molecule has 2 saturated heterocycles. The van der Waals surface area contributed by atoms with Crippen LogP contribution in [0, 0.1) is 0 Å². The van der Waals surface area contributed by atoms with Crippen LogP contribution in [0.2, 0.25) is 0 Å². The zero-order valence-electron chi connectivity index (χ0n) is 8.73. The number of fused-ring (bicyclic) bond motifs is 2. The van der Waals surface area contributed by atoms with Crippen molar-refractivity contribution in [3.63, 3.8) is 0 Å². The maximum atomic E-state index is 10.8. The lowest BCUT2D eigenvalue weighted by Gasteiger charge is -2.35. The third-order valence-electron chi connectivity index (χ3n) is 3.39. The van der Waals surface area contributed by atoms with Gasteiger partial charge in [-0.25, -0.2) is 0 Å². The molecular weight excluding hydrogens is 202 g/mol. The highest BCUT2D eigenvalue weighted by atomic mass is 35.5. The molecule has 2 heterocycles. The molecule has 0 saturated carbocycles. The molecule has 0 aromatic rings. The molecule has 0 amide bonds. The van der Waals surface area contributed by atoms with Crippen molar-refractivity contribution >= 4 is 18.4 Å². The Morgan fingerprint density at radius 3 is 2.21 bits per heavy atom. The van der Waals surface area contributed by atoms with Crippen LogP contribution < -0.4 is 0 Å². The van der Waals surface area contributed by atoms with E-state index >= 15 is 0 Å². The number of hydrogen-bond acceptors (Lipinski definition) is 3. The van der Waals surface area contributed by atoms with E-state index in [2.05, 4.69) is 11.9 Å². The molecule has 2 aliphatic heterocycles. The van der Waals surface area contributed by atoms with Gasteiger partial charge in [0.15, 0.2) is 0 Å². The Hall–Kier alpha value is -0.280. The highest BCUT2D eigenvalue weighted by Crippen LogP contribution is 2.35. The van der Waals surface area contributed by atoms with E-state index in [9.17, 15) is 4.79 Å². The van der Waals surface area contributed by atoms with Crippen LogP contribution in [0.3, 0.4) is 0 Å². The van der Waals surface area contributed by atoms with Crippen molar-refractivity contribution in [2.75, 3.05) is 7.05 Å². The highest BCUT2D eigenvalue weighted by molar-refractivity contribution is 5.85. The lowest BCUT2D eigenvalue weighted by Crippen LogP contribution is -2.43. The van der Waals surface area contributed by atoms with Gasteiger partial charge in [-0.05, 0) is 32.7 Å². The van der Waals surface area contributed by atoms with E-state index in [1.807, 2.05) is 0 Å². The summed E-state index contributed by atoms with van der Waals surface area (Å²) < 4.78 is 5.25. The molecule has 2 aliphatic rings. The summed E-state index contributed by atoms with van der Waals surface area (Å²) in [5.74, 6) is -0.131. The van der Waals surface area contributed by atoms with Gasteiger partial charge in [0, 0.05) is 19.0 Å². The van der Waals surface area contributed by atoms with E-state index in [1.54, 1.807) is 0 Å². The molecule has 2 fully saturated rings. The third-order valence-corrected chi connectivity index (χ3v) is 3.39. The Morgan fingerprint density at radius 2 is 1.79 bits per heavy atom. The Bertz CT molecular complexity index is 208. The molecule has 82 valence electrons. The summed E-state index contributed by atoms with van der Waals surface area (Å²) in [4.78, 5) is 13.2. The molecule has 0 N–H and O–H groups in total. The fourth-order valence-electron chi connectivity index (χ4n) is 2.69. The van der Waals surface area contributed by atoms with E-state index in [4.69, 9.17) is 4.74 Å². The van der Waals surface area contributed by atoms with Gasteiger partial charge in [-0.15, -0.1) is 12.4 Å². The topological polar surface area (TPSA) is 29.5 Å². The van der Waals surface area contributed by atoms with E-state index < -0.39 is 0 Å². The molecule has 0 aromatic heterocycles. The minimum atomic E-state index is -0.131. The summed E-state index contributed by atoms with van der Waals surface area (Å²) in [7, 11) is 2.19. The van der Waals surface area contributed by atoms with Crippen molar-refractivity contribution in [1.29, 1.82) is 0 Å². The Kier molecular flexibility index (Phi) is 3.78. The summed E-state index contributed by atoms with van der Waals surface area (Å²) in [6.07, 6.45) is 4.81. The molecule has 0 radical (unpaired) electrons. The summed E-state index contributed by atoms with van der Waals surface area (Å²) >= 11 is 0. The van der Waals surface area contributed by atoms with Crippen molar-refractivity contribution in [2.24, 2.45) is 0 Å². The second kappa shape index (κ2) is 4.49. The second-order valence-electron chi connectivity index (χ2n) is 4.25. The predicted molar refractivity (Wildman–Crippen MR) is 56.6 cm³/mol. The van der Waals surface area contributed by atoms with Gasteiger partial charge < -0.3 is 9.64 Å². The maximum Gasteiger partial charge on any atom is 0.302 e. The number of ether oxygens (including phenoxy) is 1. The molecule has 3 nitrogen and oxygen atoms in total. The van der Waals surface area contributed by atoms with Crippen molar-refractivity contribution in [3.05, 3.63) is 0 Å². The van der Waals surface area contributed by atoms with Gasteiger partial charge in [0.25, 0.3) is 0 Å². The first kappa shape index (κ1) is 11.8. The van der Waals surface area contributed by atoms with Gasteiger partial charge in [-0.1, -0.05) is 0 Å². The number of hydrogen-bond donors (Lipinski definition) is 0. The molecule has 4 heteroatoms. The van der Waals surface area contributed by atoms with Crippen LogP contribution in [0.25, 0.3) is 0 Å². The average molecular weight is 220 g/mol. The number of halogens is 1.